The molecule has 2 rings (SSSR count). The second-order valence-corrected chi connectivity index (χ2v) is 7.20. The molecule has 162 valence electrons. The third kappa shape index (κ3) is 6.40. The molecule has 2 aromatic carbocycles. The normalized spacial score (nSPS) is 13.8. The van der Waals surface area contributed by atoms with Crippen LogP contribution in [0, 0.1) is 5.41 Å². The summed E-state index contributed by atoms with van der Waals surface area (Å²) >= 11 is 0. The quantitative estimate of drug-likeness (QED) is 0.530. The van der Waals surface area contributed by atoms with Crippen LogP contribution in [0.5, 0.6) is 0 Å². The van der Waals surface area contributed by atoms with E-state index in [1.165, 1.54) is 18.2 Å². The summed E-state index contributed by atoms with van der Waals surface area (Å²) < 4.78 is 44.9. The fourth-order valence-corrected chi connectivity index (χ4v) is 3.08. The van der Waals surface area contributed by atoms with Crippen molar-refractivity contribution in [2.24, 2.45) is 0 Å². The van der Waals surface area contributed by atoms with E-state index in [0.29, 0.717) is 11.1 Å². The molecule has 0 radical (unpaired) electrons. The molecule has 0 heterocycles. The fourth-order valence-electron chi connectivity index (χ4n) is 3.08. The van der Waals surface area contributed by atoms with Crippen LogP contribution in [0.4, 0.5) is 13.2 Å². The van der Waals surface area contributed by atoms with Crippen LogP contribution in [-0.2, 0) is 28.5 Å². The number of alkyl halides is 3. The first-order chi connectivity index (χ1) is 14.0. The molecule has 0 aromatic heterocycles. The molecule has 0 aliphatic rings. The minimum atomic E-state index is -4.55. The Balaban J connectivity index is 2.18. The molecule has 3 N–H and O–H groups in total. The molecular formula is C22H24F3NO4. The van der Waals surface area contributed by atoms with Gasteiger partial charge in [-0.2, -0.15) is 13.2 Å². The summed E-state index contributed by atoms with van der Waals surface area (Å²) in [6.45, 7) is 3.44. The molecule has 2 unspecified atom stereocenters. The van der Waals surface area contributed by atoms with Gasteiger partial charge in [0.1, 0.15) is 0 Å². The van der Waals surface area contributed by atoms with Gasteiger partial charge in [0.15, 0.2) is 6.10 Å². The highest BCUT2D eigenvalue weighted by molar-refractivity contribution is 6.01. The number of halogens is 3. The molecule has 0 spiro atoms. The zero-order valence-electron chi connectivity index (χ0n) is 16.6. The van der Waals surface area contributed by atoms with Crippen molar-refractivity contribution in [3.8, 4) is 0 Å². The third-order valence-corrected chi connectivity index (χ3v) is 4.44. The summed E-state index contributed by atoms with van der Waals surface area (Å²) in [6, 6.07) is 11.3. The monoisotopic (exact) mass is 423 g/mol. The molecule has 0 fully saturated rings. The van der Waals surface area contributed by atoms with E-state index in [0.717, 1.165) is 6.07 Å². The summed E-state index contributed by atoms with van der Waals surface area (Å²) in [4.78, 5) is 11.4. The van der Waals surface area contributed by atoms with Crippen LogP contribution in [0.25, 0.3) is 0 Å². The number of ether oxygens (including phenoxy) is 1. The van der Waals surface area contributed by atoms with E-state index in [9.17, 15) is 28.2 Å². The Morgan fingerprint density at radius 1 is 1.10 bits per heavy atom. The van der Waals surface area contributed by atoms with Gasteiger partial charge in [-0.25, -0.2) is 4.79 Å². The highest BCUT2D eigenvalue weighted by atomic mass is 19.4. The number of rotatable bonds is 9. The van der Waals surface area contributed by atoms with Gasteiger partial charge in [0.05, 0.1) is 23.5 Å². The van der Waals surface area contributed by atoms with Gasteiger partial charge in [-0.1, -0.05) is 36.4 Å². The maximum atomic E-state index is 13.2. The smallest absolute Gasteiger partial charge is 0.416 e. The van der Waals surface area contributed by atoms with Gasteiger partial charge < -0.3 is 20.4 Å². The van der Waals surface area contributed by atoms with E-state index < -0.39 is 29.9 Å². The largest absolute Gasteiger partial charge is 0.479 e. The van der Waals surface area contributed by atoms with Crippen molar-refractivity contribution in [3.63, 3.8) is 0 Å². The molecule has 0 bridgehead atoms. The number of nitrogens with one attached hydrogen (secondary N) is 1. The van der Waals surface area contributed by atoms with Crippen LogP contribution >= 0.6 is 0 Å². The van der Waals surface area contributed by atoms with Gasteiger partial charge in [0.2, 0.25) is 0 Å². The van der Waals surface area contributed by atoms with Crippen LogP contribution < -0.4 is 0 Å². The Morgan fingerprint density at radius 2 is 1.77 bits per heavy atom. The molecule has 0 saturated heterocycles. The van der Waals surface area contributed by atoms with Crippen molar-refractivity contribution in [2.75, 3.05) is 0 Å². The van der Waals surface area contributed by atoms with Gasteiger partial charge in [-0.3, -0.25) is 0 Å². The molecule has 0 aliphatic carbocycles. The number of hydrogen-bond acceptors (Lipinski definition) is 4. The average molecular weight is 423 g/mol. The predicted octanol–water partition coefficient (Wildman–Crippen LogP) is 4.10. The van der Waals surface area contributed by atoms with Crippen LogP contribution in [0.15, 0.2) is 48.5 Å². The van der Waals surface area contributed by atoms with E-state index in [1.807, 2.05) is 0 Å². The second-order valence-electron chi connectivity index (χ2n) is 7.20. The molecular weight excluding hydrogens is 399 g/mol. The van der Waals surface area contributed by atoms with Gasteiger partial charge >= 0.3 is 12.1 Å². The lowest BCUT2D eigenvalue weighted by molar-refractivity contribution is -0.153. The molecule has 0 saturated carbocycles. The average Bonchev–Trinajstić information content (AvgIpc) is 2.66. The maximum Gasteiger partial charge on any atom is 0.416 e. The number of benzene rings is 2. The summed E-state index contributed by atoms with van der Waals surface area (Å²) in [6.07, 6.45) is -7.68. The van der Waals surface area contributed by atoms with E-state index in [1.54, 1.807) is 38.1 Å². The van der Waals surface area contributed by atoms with Gasteiger partial charge in [-0.05, 0) is 42.7 Å². The van der Waals surface area contributed by atoms with Crippen molar-refractivity contribution >= 4 is 11.7 Å². The van der Waals surface area contributed by atoms with Crippen LogP contribution in [0.3, 0.4) is 0 Å². The number of carboxylic acid groups (broad SMARTS) is 1. The summed E-state index contributed by atoms with van der Waals surface area (Å²) in [5, 5.41) is 27.9. The standard InChI is InChI=1S/C22H24F3NO4/c1-13(2)30-19(21(28)29)11-14-6-5-8-16(10-14)20(26)18(27)12-15-7-3-4-9-17(15)22(23,24)25/h3-10,13,18-19,26-27H,11-12H2,1-2H3,(H,28,29). The first-order valence-corrected chi connectivity index (χ1v) is 9.38. The number of aliphatic hydroxyl groups excluding tert-OH is 1. The first kappa shape index (κ1) is 23.6. The molecule has 2 aromatic rings. The van der Waals surface area contributed by atoms with Gasteiger partial charge in [0, 0.05) is 12.8 Å². The van der Waals surface area contributed by atoms with E-state index in [2.05, 4.69) is 0 Å². The molecule has 0 amide bonds. The first-order valence-electron chi connectivity index (χ1n) is 9.38. The number of aliphatic carboxylic acids is 1. The van der Waals surface area contributed by atoms with Crippen LogP contribution in [-0.4, -0.2) is 40.2 Å². The lowest BCUT2D eigenvalue weighted by Crippen LogP contribution is -2.29. The number of hydrogen-bond donors (Lipinski definition) is 3. The topological polar surface area (TPSA) is 90.6 Å². The Morgan fingerprint density at radius 3 is 2.37 bits per heavy atom. The lowest BCUT2D eigenvalue weighted by atomic mass is 9.94. The van der Waals surface area contributed by atoms with E-state index in [4.69, 9.17) is 10.1 Å². The number of carboxylic acids is 1. The van der Waals surface area contributed by atoms with E-state index in [-0.39, 0.29) is 30.2 Å². The zero-order valence-corrected chi connectivity index (χ0v) is 16.6. The Hall–Kier alpha value is -2.71. The van der Waals surface area contributed by atoms with Crippen LogP contribution in [0.2, 0.25) is 0 Å². The minimum absolute atomic E-state index is 0.0572. The number of carbonyl (C=O) groups is 1. The molecule has 8 heteroatoms. The molecule has 5 nitrogen and oxygen atoms in total. The Labute approximate surface area is 172 Å². The Bertz CT molecular complexity index is 896. The lowest BCUT2D eigenvalue weighted by Gasteiger charge is -2.18. The second kappa shape index (κ2) is 9.86. The Kier molecular flexibility index (Phi) is 7.75. The van der Waals surface area contributed by atoms with Gasteiger partial charge in [-0.15, -0.1) is 0 Å². The predicted molar refractivity (Wildman–Crippen MR) is 106 cm³/mol. The van der Waals surface area contributed by atoms with Crippen molar-refractivity contribution in [2.45, 2.75) is 51.2 Å². The van der Waals surface area contributed by atoms with Crippen molar-refractivity contribution in [1.29, 1.82) is 5.41 Å². The van der Waals surface area contributed by atoms with Crippen LogP contribution in [0.1, 0.15) is 36.1 Å². The molecule has 30 heavy (non-hydrogen) atoms. The SMILES string of the molecule is CC(C)OC(Cc1cccc(C(=N)C(O)Cc2ccccc2C(F)(F)F)c1)C(=O)O. The fraction of sp³-hybridized carbons (Fsp3) is 0.364. The highest BCUT2D eigenvalue weighted by Gasteiger charge is 2.33. The summed E-state index contributed by atoms with van der Waals surface area (Å²) in [5.41, 5.74) is -0.313. The van der Waals surface area contributed by atoms with E-state index >= 15 is 0 Å². The highest BCUT2D eigenvalue weighted by Crippen LogP contribution is 2.32. The molecule has 2 atom stereocenters. The van der Waals surface area contributed by atoms with Crippen molar-refractivity contribution in [1.82, 2.24) is 0 Å². The van der Waals surface area contributed by atoms with Crippen molar-refractivity contribution in [3.05, 3.63) is 70.8 Å². The summed E-state index contributed by atoms with van der Waals surface area (Å²) in [7, 11) is 0. The molecule has 0 aliphatic heterocycles. The van der Waals surface area contributed by atoms with Gasteiger partial charge in [0.25, 0.3) is 0 Å². The van der Waals surface area contributed by atoms with Crippen molar-refractivity contribution < 1.29 is 32.9 Å². The number of aliphatic hydroxyl groups is 1. The third-order valence-electron chi connectivity index (χ3n) is 4.44. The minimum Gasteiger partial charge on any atom is -0.479 e. The maximum absolute atomic E-state index is 13.2. The summed E-state index contributed by atoms with van der Waals surface area (Å²) in [5.74, 6) is -1.12. The zero-order chi connectivity index (χ0) is 22.5.